The highest BCUT2D eigenvalue weighted by Crippen LogP contribution is 2.52. The van der Waals surface area contributed by atoms with Crippen molar-refractivity contribution >= 4 is 23.5 Å². The van der Waals surface area contributed by atoms with Crippen molar-refractivity contribution in [1.29, 1.82) is 5.26 Å². The van der Waals surface area contributed by atoms with Crippen LogP contribution >= 0.6 is 0 Å². The summed E-state index contributed by atoms with van der Waals surface area (Å²) in [5.41, 5.74) is -0.474. The molecule has 2 saturated heterocycles. The molecule has 1 N–H and O–H groups in total. The van der Waals surface area contributed by atoms with Crippen LogP contribution in [-0.4, -0.2) is 95.8 Å². The van der Waals surface area contributed by atoms with E-state index in [0.29, 0.717) is 57.1 Å². The third-order valence-corrected chi connectivity index (χ3v) is 9.32. The van der Waals surface area contributed by atoms with E-state index in [1.807, 2.05) is 11.9 Å². The molecule has 1 aliphatic carbocycles. The smallest absolute Gasteiger partial charge is 0.381 e. The molecule has 2 aromatic rings. The number of amides is 3. The van der Waals surface area contributed by atoms with Crippen molar-refractivity contribution in [2.24, 2.45) is 5.92 Å². The number of aromatic nitrogens is 2. The van der Waals surface area contributed by atoms with Gasteiger partial charge in [0.05, 0.1) is 17.7 Å². The largest absolute Gasteiger partial charge is 0.416 e. The van der Waals surface area contributed by atoms with Gasteiger partial charge in [-0.05, 0) is 63.8 Å². The Bertz CT molecular complexity index is 1530. The number of ether oxygens (including phenoxy) is 1. The van der Waals surface area contributed by atoms with E-state index in [4.69, 9.17) is 9.84 Å². The number of nitrogens with one attached hydrogen (secondary N) is 1. The molecule has 14 heteroatoms. The number of carbonyl (C=O) groups is 3. The van der Waals surface area contributed by atoms with Gasteiger partial charge in [-0.1, -0.05) is 6.07 Å². The second kappa shape index (κ2) is 12.1. The number of hydrogen-bond donors (Lipinski definition) is 1. The molecular weight excluding hydrogens is 591 g/mol. The summed E-state index contributed by atoms with van der Waals surface area (Å²) >= 11 is 0. The van der Waals surface area contributed by atoms with Crippen LogP contribution in [-0.2, 0) is 15.7 Å². The zero-order valence-electron chi connectivity index (χ0n) is 25.2. The number of benzene rings is 1. The molecule has 6 rings (SSSR count). The second-order valence-corrected chi connectivity index (χ2v) is 12.3. The molecule has 0 radical (unpaired) electrons. The number of rotatable bonds is 6. The zero-order valence-corrected chi connectivity index (χ0v) is 25.2. The summed E-state index contributed by atoms with van der Waals surface area (Å²) in [5, 5.41) is 17.6. The van der Waals surface area contributed by atoms with Gasteiger partial charge in [-0.25, -0.2) is 4.68 Å². The average molecular weight is 628 g/mol. The fraction of sp³-hybridized carbons (Fsp3) is 0.581. The lowest BCUT2D eigenvalue weighted by molar-refractivity contribution is -0.137. The minimum Gasteiger partial charge on any atom is -0.381 e. The first kappa shape index (κ1) is 31.0. The Morgan fingerprint density at radius 2 is 1.89 bits per heavy atom. The third-order valence-electron chi connectivity index (χ3n) is 9.32. The Hall–Kier alpha value is -3.96. The standard InChI is InChI=1S/C31H36F3N7O4/c1-3-39-28-24(23(18-7-8-18)25(29(39)43)36-27(42)19-5-4-6-20(15-19)31(32,33)34)26(37-41(28)21-9-13-45-14-10-21)30(44)40-12-11-38(2)17-22(40)16-35/h4-6,15,18,21-23,25H,3,7-14,17H2,1-2H3,(H,36,42)/t22-,23+,25+/m1/s1. The van der Waals surface area contributed by atoms with E-state index in [9.17, 15) is 32.8 Å². The van der Waals surface area contributed by atoms with Crippen LogP contribution in [0, 0.1) is 17.2 Å². The van der Waals surface area contributed by atoms with Crippen molar-refractivity contribution < 1.29 is 32.3 Å². The molecule has 0 bridgehead atoms. The molecule has 4 heterocycles. The van der Waals surface area contributed by atoms with E-state index in [-0.39, 0.29) is 29.8 Å². The van der Waals surface area contributed by atoms with Crippen LogP contribution in [0.1, 0.15) is 76.5 Å². The maximum absolute atomic E-state index is 14.3. The van der Waals surface area contributed by atoms with Gasteiger partial charge in [-0.15, -0.1) is 0 Å². The molecule has 3 aliphatic heterocycles. The SMILES string of the molecule is CCN1C(=O)[C@@H](NC(=O)c2cccc(C(F)(F)F)c2)[C@@H](C2CC2)c2c(C(=O)N3CCN(C)C[C@H]3C#N)nn(C3CCOCC3)c21. The molecule has 0 spiro atoms. The number of anilines is 1. The van der Waals surface area contributed by atoms with Gasteiger partial charge in [-0.3, -0.25) is 19.3 Å². The maximum atomic E-state index is 14.3. The lowest BCUT2D eigenvalue weighted by Gasteiger charge is -2.40. The fourth-order valence-electron chi connectivity index (χ4n) is 6.84. The monoisotopic (exact) mass is 627 g/mol. The molecule has 45 heavy (non-hydrogen) atoms. The van der Waals surface area contributed by atoms with Gasteiger partial charge in [0.25, 0.3) is 17.7 Å². The highest BCUT2D eigenvalue weighted by Gasteiger charge is 2.52. The van der Waals surface area contributed by atoms with Crippen LogP contribution in [0.5, 0.6) is 0 Å². The topological polar surface area (TPSA) is 124 Å². The van der Waals surface area contributed by atoms with Crippen molar-refractivity contribution in [3.8, 4) is 6.07 Å². The van der Waals surface area contributed by atoms with Gasteiger partial charge in [-0.2, -0.15) is 23.5 Å². The van der Waals surface area contributed by atoms with E-state index >= 15 is 0 Å². The van der Waals surface area contributed by atoms with E-state index in [1.165, 1.54) is 15.9 Å². The van der Waals surface area contributed by atoms with Crippen molar-refractivity contribution in [2.45, 2.75) is 62.8 Å². The highest BCUT2D eigenvalue weighted by molar-refractivity contribution is 6.07. The van der Waals surface area contributed by atoms with Gasteiger partial charge in [0.1, 0.15) is 17.9 Å². The van der Waals surface area contributed by atoms with Gasteiger partial charge in [0.2, 0.25) is 0 Å². The van der Waals surface area contributed by atoms with E-state index in [1.54, 1.807) is 11.6 Å². The van der Waals surface area contributed by atoms with Crippen LogP contribution in [0.3, 0.4) is 0 Å². The molecule has 3 amide bonds. The second-order valence-electron chi connectivity index (χ2n) is 12.3. The average Bonchev–Trinajstić information content (AvgIpc) is 3.80. The number of carbonyl (C=O) groups excluding carboxylic acids is 3. The van der Waals surface area contributed by atoms with Crippen molar-refractivity contribution in [3.63, 3.8) is 0 Å². The number of hydrogen-bond acceptors (Lipinski definition) is 7. The lowest BCUT2D eigenvalue weighted by Crippen LogP contribution is -2.56. The summed E-state index contributed by atoms with van der Waals surface area (Å²) in [5.74, 6) is -1.76. The molecule has 4 aliphatic rings. The lowest BCUT2D eigenvalue weighted by atomic mass is 9.82. The number of nitrogens with zero attached hydrogens (tertiary/aromatic N) is 6. The molecule has 11 nitrogen and oxygen atoms in total. The Balaban J connectivity index is 1.45. The Kier molecular flexibility index (Phi) is 8.34. The predicted octanol–water partition coefficient (Wildman–Crippen LogP) is 3.19. The minimum absolute atomic E-state index is 0.0448. The Labute approximate surface area is 258 Å². The van der Waals surface area contributed by atoms with Crippen LogP contribution in [0.4, 0.5) is 19.0 Å². The first-order valence-electron chi connectivity index (χ1n) is 15.4. The van der Waals surface area contributed by atoms with E-state index < -0.39 is 47.5 Å². The molecule has 3 atom stereocenters. The zero-order chi connectivity index (χ0) is 32.0. The first-order valence-corrected chi connectivity index (χ1v) is 15.4. The quantitative estimate of drug-likeness (QED) is 0.522. The summed E-state index contributed by atoms with van der Waals surface area (Å²) < 4.78 is 47.6. The molecule has 3 fully saturated rings. The van der Waals surface area contributed by atoms with E-state index in [2.05, 4.69) is 11.4 Å². The molecule has 1 aromatic carbocycles. The summed E-state index contributed by atoms with van der Waals surface area (Å²) in [4.78, 5) is 47.1. The molecule has 1 saturated carbocycles. The van der Waals surface area contributed by atoms with Crippen LogP contribution < -0.4 is 10.2 Å². The van der Waals surface area contributed by atoms with Crippen LogP contribution in [0.2, 0.25) is 0 Å². The summed E-state index contributed by atoms with van der Waals surface area (Å²) in [6, 6.07) is 4.38. The number of fused-ring (bicyclic) bond motifs is 1. The minimum atomic E-state index is -4.64. The summed E-state index contributed by atoms with van der Waals surface area (Å²) in [6.45, 7) is 4.29. The molecule has 1 aromatic heterocycles. The summed E-state index contributed by atoms with van der Waals surface area (Å²) in [6.07, 6.45) is -1.87. The fourth-order valence-corrected chi connectivity index (χ4v) is 6.84. The predicted molar refractivity (Wildman–Crippen MR) is 155 cm³/mol. The maximum Gasteiger partial charge on any atom is 0.416 e. The molecule has 240 valence electrons. The van der Waals surface area contributed by atoms with Crippen molar-refractivity contribution in [2.75, 3.05) is 51.3 Å². The Morgan fingerprint density at radius 3 is 2.53 bits per heavy atom. The number of piperazine rings is 1. The number of nitriles is 1. The van der Waals surface area contributed by atoms with Crippen LogP contribution in [0.25, 0.3) is 0 Å². The molecule has 0 unspecified atom stereocenters. The normalized spacial score (nSPS) is 24.7. The Morgan fingerprint density at radius 1 is 1.16 bits per heavy atom. The van der Waals surface area contributed by atoms with Crippen molar-refractivity contribution in [3.05, 3.63) is 46.6 Å². The number of likely N-dealkylation sites (N-methyl/N-ethyl adjacent to an activating group) is 2. The van der Waals surface area contributed by atoms with E-state index in [0.717, 1.165) is 31.0 Å². The number of halogens is 3. The van der Waals surface area contributed by atoms with Gasteiger partial charge in [0, 0.05) is 56.4 Å². The third kappa shape index (κ3) is 5.79. The summed E-state index contributed by atoms with van der Waals surface area (Å²) in [7, 11) is 1.89. The molecular formula is C31H36F3N7O4. The highest BCUT2D eigenvalue weighted by atomic mass is 19.4. The van der Waals surface area contributed by atoms with Gasteiger partial charge < -0.3 is 19.9 Å². The van der Waals surface area contributed by atoms with Crippen LogP contribution in [0.15, 0.2) is 24.3 Å². The van der Waals surface area contributed by atoms with Gasteiger partial charge >= 0.3 is 6.18 Å². The van der Waals surface area contributed by atoms with Crippen molar-refractivity contribution in [1.82, 2.24) is 24.9 Å². The first-order chi connectivity index (χ1) is 21.5. The van der Waals surface area contributed by atoms with Gasteiger partial charge in [0.15, 0.2) is 5.69 Å². The number of alkyl halides is 3.